The lowest BCUT2D eigenvalue weighted by atomic mass is 10.2. The minimum absolute atomic E-state index is 0.238. The van der Waals surface area contributed by atoms with Gasteiger partial charge >= 0.3 is 0 Å². The van der Waals surface area contributed by atoms with Crippen LogP contribution in [0.25, 0.3) is 0 Å². The molecule has 4 nitrogen and oxygen atoms in total. The second kappa shape index (κ2) is 6.33. The van der Waals surface area contributed by atoms with Gasteiger partial charge in [-0.1, -0.05) is 17.7 Å². The zero-order valence-corrected chi connectivity index (χ0v) is 12.1. The predicted octanol–water partition coefficient (Wildman–Crippen LogP) is 1.87. The number of benzene rings is 1. The number of hydrogen-bond acceptors (Lipinski definition) is 3. The van der Waals surface area contributed by atoms with E-state index in [1.165, 1.54) is 17.4 Å². The van der Waals surface area contributed by atoms with Crippen LogP contribution < -0.4 is 5.32 Å². The van der Waals surface area contributed by atoms with Crippen molar-refractivity contribution in [2.45, 2.75) is 11.4 Å². The fourth-order valence-corrected chi connectivity index (χ4v) is 2.87. The normalized spacial score (nSPS) is 11.8. The van der Waals surface area contributed by atoms with Crippen LogP contribution in [-0.4, -0.2) is 33.4 Å². The van der Waals surface area contributed by atoms with Gasteiger partial charge in [-0.25, -0.2) is 8.42 Å². The van der Waals surface area contributed by atoms with Crippen LogP contribution in [0, 0.1) is 0 Å². The molecule has 0 radical (unpaired) electrons. The quantitative estimate of drug-likeness (QED) is 0.813. The van der Waals surface area contributed by atoms with E-state index < -0.39 is 10.0 Å². The fourth-order valence-electron chi connectivity index (χ4n) is 1.50. The Balaban J connectivity index is 3.17. The van der Waals surface area contributed by atoms with Crippen LogP contribution in [0.3, 0.4) is 0 Å². The Labute approximate surface area is 113 Å². The molecule has 1 N–H and O–H groups in total. The summed E-state index contributed by atoms with van der Waals surface area (Å²) in [6, 6.07) is 4.70. The smallest absolute Gasteiger partial charge is 0.243 e. The molecule has 0 heterocycles. The molecule has 1 rings (SSSR count). The van der Waals surface area contributed by atoms with Crippen LogP contribution in [0.15, 0.2) is 35.7 Å². The minimum atomic E-state index is -3.48. The van der Waals surface area contributed by atoms with Gasteiger partial charge in [0, 0.05) is 25.2 Å². The molecule has 0 aliphatic heterocycles. The van der Waals surface area contributed by atoms with E-state index in [1.807, 2.05) is 0 Å². The molecule has 18 heavy (non-hydrogen) atoms. The Bertz CT molecular complexity index is 529. The number of likely N-dealkylation sites (N-methyl/N-ethyl adjacent to an activating group) is 1. The summed E-state index contributed by atoms with van der Waals surface area (Å²) in [7, 11) is -0.187. The summed E-state index contributed by atoms with van der Waals surface area (Å²) >= 11 is 6.00. The van der Waals surface area contributed by atoms with Crippen molar-refractivity contribution in [2.75, 3.05) is 20.6 Å². The SMILES string of the molecule is C=CCN(C)S(=O)(=O)c1ccc(Cl)c(CNC)c1. The molecule has 1 aromatic carbocycles. The Hall–Kier alpha value is -0.880. The molecule has 6 heteroatoms. The van der Waals surface area contributed by atoms with Gasteiger partial charge < -0.3 is 5.32 Å². The third kappa shape index (κ3) is 3.32. The van der Waals surface area contributed by atoms with Gasteiger partial charge in [-0.3, -0.25) is 0 Å². The van der Waals surface area contributed by atoms with Crippen LogP contribution in [0.5, 0.6) is 0 Å². The van der Waals surface area contributed by atoms with Crippen molar-refractivity contribution >= 4 is 21.6 Å². The van der Waals surface area contributed by atoms with Gasteiger partial charge in [-0.15, -0.1) is 6.58 Å². The summed E-state index contributed by atoms with van der Waals surface area (Å²) in [6.45, 7) is 4.32. The van der Waals surface area contributed by atoms with E-state index in [4.69, 9.17) is 11.6 Å². The second-order valence-corrected chi connectivity index (χ2v) is 6.31. The van der Waals surface area contributed by atoms with Crippen LogP contribution in [0.1, 0.15) is 5.56 Å². The Kier molecular flexibility index (Phi) is 5.34. The van der Waals surface area contributed by atoms with Crippen molar-refractivity contribution < 1.29 is 8.42 Å². The first-order valence-electron chi connectivity index (χ1n) is 5.43. The summed E-state index contributed by atoms with van der Waals surface area (Å²) in [5.41, 5.74) is 0.757. The lowest BCUT2D eigenvalue weighted by Gasteiger charge is -2.16. The highest BCUT2D eigenvalue weighted by atomic mass is 35.5. The molecule has 0 aliphatic carbocycles. The first kappa shape index (κ1) is 15.2. The first-order valence-corrected chi connectivity index (χ1v) is 7.25. The third-order valence-corrected chi connectivity index (χ3v) is 4.67. The molecule has 0 atom stereocenters. The maximum absolute atomic E-state index is 12.2. The molecule has 0 amide bonds. The molecule has 0 unspecified atom stereocenters. The number of rotatable bonds is 6. The van der Waals surface area contributed by atoms with E-state index in [9.17, 15) is 8.42 Å². The largest absolute Gasteiger partial charge is 0.316 e. The summed E-state index contributed by atoms with van der Waals surface area (Å²) < 4.78 is 25.7. The van der Waals surface area contributed by atoms with Crippen molar-refractivity contribution in [3.63, 3.8) is 0 Å². The van der Waals surface area contributed by atoms with Crippen LogP contribution in [0.4, 0.5) is 0 Å². The molecule has 1 aromatic rings. The predicted molar refractivity (Wildman–Crippen MR) is 74.2 cm³/mol. The highest BCUT2D eigenvalue weighted by Gasteiger charge is 2.20. The molecule has 0 aliphatic rings. The van der Waals surface area contributed by atoms with E-state index in [0.717, 1.165) is 5.56 Å². The highest BCUT2D eigenvalue weighted by molar-refractivity contribution is 7.89. The lowest BCUT2D eigenvalue weighted by Crippen LogP contribution is -2.27. The molecule has 0 saturated heterocycles. The fraction of sp³-hybridized carbons (Fsp3) is 0.333. The Morgan fingerprint density at radius 3 is 2.72 bits per heavy atom. The zero-order valence-electron chi connectivity index (χ0n) is 10.5. The van der Waals surface area contributed by atoms with Gasteiger partial charge in [0.2, 0.25) is 10.0 Å². The average Bonchev–Trinajstić information content (AvgIpc) is 2.32. The van der Waals surface area contributed by atoms with Crippen LogP contribution >= 0.6 is 11.6 Å². The number of nitrogens with zero attached hydrogens (tertiary/aromatic N) is 1. The van der Waals surface area contributed by atoms with Crippen LogP contribution in [-0.2, 0) is 16.6 Å². The second-order valence-electron chi connectivity index (χ2n) is 3.86. The topological polar surface area (TPSA) is 49.4 Å². The number of halogens is 1. The van der Waals surface area contributed by atoms with E-state index in [2.05, 4.69) is 11.9 Å². The van der Waals surface area contributed by atoms with Crippen molar-refractivity contribution in [2.24, 2.45) is 0 Å². The molecular formula is C12H17ClN2O2S. The average molecular weight is 289 g/mol. The van der Waals surface area contributed by atoms with Gasteiger partial charge in [0.25, 0.3) is 0 Å². The van der Waals surface area contributed by atoms with Gasteiger partial charge in [-0.2, -0.15) is 4.31 Å². The standard InChI is InChI=1S/C12H17ClN2O2S/c1-4-7-15(3)18(16,17)11-5-6-12(13)10(8-11)9-14-2/h4-6,8,14H,1,7,9H2,2-3H3. The molecule has 0 spiro atoms. The van der Waals surface area contributed by atoms with E-state index in [0.29, 0.717) is 11.6 Å². The van der Waals surface area contributed by atoms with Crippen molar-refractivity contribution in [3.8, 4) is 0 Å². The van der Waals surface area contributed by atoms with Crippen molar-refractivity contribution in [1.29, 1.82) is 0 Å². The highest BCUT2D eigenvalue weighted by Crippen LogP contribution is 2.22. The molecule has 0 aromatic heterocycles. The van der Waals surface area contributed by atoms with E-state index in [-0.39, 0.29) is 11.4 Å². The van der Waals surface area contributed by atoms with Gasteiger partial charge in [0.1, 0.15) is 0 Å². The zero-order chi connectivity index (χ0) is 13.8. The summed E-state index contributed by atoms with van der Waals surface area (Å²) in [4.78, 5) is 0.238. The maximum atomic E-state index is 12.2. The van der Waals surface area contributed by atoms with Gasteiger partial charge in [0.05, 0.1) is 4.90 Å². The molecule has 100 valence electrons. The summed E-state index contributed by atoms with van der Waals surface area (Å²) in [6.07, 6.45) is 1.54. The summed E-state index contributed by atoms with van der Waals surface area (Å²) in [5, 5.41) is 3.50. The van der Waals surface area contributed by atoms with Gasteiger partial charge in [0.15, 0.2) is 0 Å². The third-order valence-electron chi connectivity index (χ3n) is 2.48. The number of sulfonamides is 1. The maximum Gasteiger partial charge on any atom is 0.243 e. The van der Waals surface area contributed by atoms with Crippen molar-refractivity contribution in [1.82, 2.24) is 9.62 Å². The Morgan fingerprint density at radius 2 is 2.17 bits per heavy atom. The first-order chi connectivity index (χ1) is 8.43. The molecular weight excluding hydrogens is 272 g/mol. The number of hydrogen-bond donors (Lipinski definition) is 1. The van der Waals surface area contributed by atoms with E-state index >= 15 is 0 Å². The van der Waals surface area contributed by atoms with Crippen molar-refractivity contribution in [3.05, 3.63) is 41.4 Å². The molecule has 0 fully saturated rings. The van der Waals surface area contributed by atoms with Gasteiger partial charge in [-0.05, 0) is 30.8 Å². The molecule has 0 saturated carbocycles. The Morgan fingerprint density at radius 1 is 1.50 bits per heavy atom. The number of nitrogens with one attached hydrogen (secondary N) is 1. The van der Waals surface area contributed by atoms with Crippen LogP contribution in [0.2, 0.25) is 5.02 Å². The molecule has 0 bridgehead atoms. The van der Waals surface area contributed by atoms with E-state index in [1.54, 1.807) is 25.3 Å². The minimum Gasteiger partial charge on any atom is -0.316 e. The summed E-state index contributed by atoms with van der Waals surface area (Å²) in [5.74, 6) is 0. The lowest BCUT2D eigenvalue weighted by molar-refractivity contribution is 0.499. The monoisotopic (exact) mass is 288 g/mol.